The number of anilines is 2. The number of cyclic esters (lactones) is 1. The van der Waals surface area contributed by atoms with Crippen LogP contribution in [0.3, 0.4) is 0 Å². The van der Waals surface area contributed by atoms with Gasteiger partial charge in [0.15, 0.2) is 0 Å². The van der Waals surface area contributed by atoms with Crippen LogP contribution >= 0.6 is 0 Å². The molecule has 2 aromatic rings. The summed E-state index contributed by atoms with van der Waals surface area (Å²) in [5, 5.41) is 7.57. The minimum absolute atomic E-state index is 0.0730. The van der Waals surface area contributed by atoms with E-state index in [2.05, 4.69) is 0 Å². The zero-order valence-corrected chi connectivity index (χ0v) is 22.0. The molecule has 3 amide bonds. The van der Waals surface area contributed by atoms with Crippen LogP contribution in [0.5, 0.6) is 5.75 Å². The van der Waals surface area contributed by atoms with Crippen LogP contribution < -0.4 is 20.3 Å². The number of carbonyl (C=O) groups is 3. The van der Waals surface area contributed by atoms with E-state index in [1.54, 1.807) is 46.1 Å². The predicted molar refractivity (Wildman–Crippen MR) is 148 cm³/mol. The van der Waals surface area contributed by atoms with Crippen molar-refractivity contribution in [3.8, 4) is 5.75 Å². The molecule has 0 bridgehead atoms. The van der Waals surface area contributed by atoms with Crippen LogP contribution in [-0.4, -0.2) is 68.9 Å². The molecule has 3 fully saturated rings. The molecule has 0 atom stereocenters. The number of hydrogen-bond donors (Lipinski definition) is 2. The maximum atomic E-state index is 13.6. The fourth-order valence-electron chi connectivity index (χ4n) is 5.72. The quantitative estimate of drug-likeness (QED) is 0.548. The first-order chi connectivity index (χ1) is 18.9. The minimum Gasteiger partial charge on any atom is -0.496 e. The largest absolute Gasteiger partial charge is 0.496 e. The van der Waals surface area contributed by atoms with Gasteiger partial charge in [0.25, 0.3) is 5.91 Å². The molecule has 0 aromatic heterocycles. The van der Waals surface area contributed by atoms with Crippen molar-refractivity contribution in [1.82, 2.24) is 4.90 Å². The van der Waals surface area contributed by atoms with E-state index in [0.29, 0.717) is 73.8 Å². The number of likely N-dealkylation sites (tertiary alicyclic amines) is 1. The van der Waals surface area contributed by atoms with Gasteiger partial charge in [0, 0.05) is 72.7 Å². The van der Waals surface area contributed by atoms with E-state index in [1.165, 1.54) is 12.4 Å². The van der Waals surface area contributed by atoms with Gasteiger partial charge in [-0.15, -0.1) is 0 Å². The second-order valence-corrected chi connectivity index (χ2v) is 10.1. The summed E-state index contributed by atoms with van der Waals surface area (Å²) in [6.07, 6.45) is 4.87. The highest BCUT2D eigenvalue weighted by atomic mass is 16.6. The van der Waals surface area contributed by atoms with Crippen molar-refractivity contribution < 1.29 is 23.9 Å². The number of nitrogens with one attached hydrogen (secondary N) is 1. The Hall–Kier alpha value is -4.34. The number of carbonyl (C=O) groups excluding carboxylic acids is 3. The first kappa shape index (κ1) is 26.3. The Labute approximate surface area is 227 Å². The molecule has 3 aliphatic rings. The lowest BCUT2D eigenvalue weighted by Crippen LogP contribution is -2.46. The van der Waals surface area contributed by atoms with Gasteiger partial charge >= 0.3 is 6.09 Å². The van der Waals surface area contributed by atoms with Crippen LogP contribution in [0.25, 0.3) is 5.57 Å². The van der Waals surface area contributed by atoms with Gasteiger partial charge in [-0.1, -0.05) is 0 Å². The summed E-state index contributed by atoms with van der Waals surface area (Å²) in [5.41, 5.74) is 8.39. The highest BCUT2D eigenvalue weighted by Gasteiger charge is 2.49. The molecule has 0 saturated carbocycles. The normalized spacial score (nSPS) is 19.3. The van der Waals surface area contributed by atoms with Gasteiger partial charge in [0.2, 0.25) is 5.91 Å². The van der Waals surface area contributed by atoms with E-state index in [0.717, 1.165) is 18.5 Å². The molecule has 3 heterocycles. The van der Waals surface area contributed by atoms with E-state index in [-0.39, 0.29) is 17.9 Å². The number of benzene rings is 2. The van der Waals surface area contributed by atoms with E-state index in [4.69, 9.17) is 20.6 Å². The Bertz CT molecular complexity index is 1310. The van der Waals surface area contributed by atoms with Crippen molar-refractivity contribution in [2.24, 2.45) is 11.1 Å². The summed E-state index contributed by atoms with van der Waals surface area (Å²) >= 11 is 0. The average Bonchev–Trinajstić information content (AvgIpc) is 3.29. The highest BCUT2D eigenvalue weighted by molar-refractivity contribution is 6.09. The summed E-state index contributed by atoms with van der Waals surface area (Å²) in [7, 11) is 1.55. The third kappa shape index (κ3) is 4.82. The van der Waals surface area contributed by atoms with Crippen LogP contribution in [0.4, 0.5) is 16.2 Å². The molecule has 5 rings (SSSR count). The molecule has 0 aliphatic carbocycles. The third-order valence-electron chi connectivity index (χ3n) is 8.06. The van der Waals surface area contributed by atoms with Gasteiger partial charge in [-0.2, -0.15) is 0 Å². The number of methoxy groups -OCH3 is 1. The molecule has 2 aromatic carbocycles. The second kappa shape index (κ2) is 10.8. The third-order valence-corrected chi connectivity index (χ3v) is 8.06. The number of amides is 3. The molecule has 1 spiro atoms. The predicted octanol–water partition coefficient (Wildman–Crippen LogP) is 3.65. The molecule has 39 heavy (non-hydrogen) atoms. The van der Waals surface area contributed by atoms with Crippen molar-refractivity contribution in [1.29, 1.82) is 5.41 Å². The number of piperidine rings is 1. The van der Waals surface area contributed by atoms with E-state index in [9.17, 15) is 14.4 Å². The molecule has 10 heteroatoms. The standard InChI is InChI=1S/C29H33N5O5/c1-38-25-17-23(7-8-24(25)21(18-30)19-31)33-15-11-29(27(33)36)9-13-32(14-10-29)26(35)20-3-5-22(6-4-20)34-12-2-16-39-28(34)37/h3-8,17-19,30H,2,9-16,31H2,1H3/b21-19+,30-18?. The Morgan fingerprint density at radius 3 is 2.33 bits per heavy atom. The zero-order chi connectivity index (χ0) is 27.6. The molecule has 0 unspecified atom stereocenters. The Morgan fingerprint density at radius 2 is 1.69 bits per heavy atom. The van der Waals surface area contributed by atoms with Gasteiger partial charge in [-0.3, -0.25) is 14.5 Å². The molecule has 3 N–H and O–H groups in total. The number of allylic oxidation sites excluding steroid dienone is 1. The lowest BCUT2D eigenvalue weighted by Gasteiger charge is -2.38. The van der Waals surface area contributed by atoms with Crippen molar-refractivity contribution in [3.05, 3.63) is 59.8 Å². The molecule has 0 radical (unpaired) electrons. The van der Waals surface area contributed by atoms with Gasteiger partial charge in [-0.25, -0.2) is 4.79 Å². The van der Waals surface area contributed by atoms with Gasteiger partial charge in [0.05, 0.1) is 19.1 Å². The van der Waals surface area contributed by atoms with Gasteiger partial charge < -0.3 is 30.4 Å². The topological polar surface area (TPSA) is 129 Å². The lowest BCUT2D eigenvalue weighted by atomic mass is 9.77. The van der Waals surface area contributed by atoms with Crippen molar-refractivity contribution in [3.63, 3.8) is 0 Å². The summed E-state index contributed by atoms with van der Waals surface area (Å²) in [5.74, 6) is 0.545. The number of nitrogens with zero attached hydrogens (tertiary/aromatic N) is 3. The minimum atomic E-state index is -0.488. The maximum Gasteiger partial charge on any atom is 0.414 e. The first-order valence-electron chi connectivity index (χ1n) is 13.2. The highest BCUT2D eigenvalue weighted by Crippen LogP contribution is 2.44. The van der Waals surface area contributed by atoms with Gasteiger partial charge in [0.1, 0.15) is 5.75 Å². The second-order valence-electron chi connectivity index (χ2n) is 10.1. The van der Waals surface area contributed by atoms with E-state index < -0.39 is 5.41 Å². The summed E-state index contributed by atoms with van der Waals surface area (Å²) in [6.45, 7) is 2.63. The Balaban J connectivity index is 1.24. The van der Waals surface area contributed by atoms with Crippen LogP contribution in [0, 0.1) is 10.8 Å². The Kier molecular flexibility index (Phi) is 7.28. The molecule has 3 saturated heterocycles. The monoisotopic (exact) mass is 531 g/mol. The van der Waals surface area contributed by atoms with Crippen molar-refractivity contribution >= 4 is 41.1 Å². The number of rotatable bonds is 6. The summed E-state index contributed by atoms with van der Waals surface area (Å²) in [6, 6.07) is 12.5. The average molecular weight is 532 g/mol. The molecular formula is C29H33N5O5. The van der Waals surface area contributed by atoms with Crippen LogP contribution in [0.15, 0.2) is 48.7 Å². The van der Waals surface area contributed by atoms with Crippen LogP contribution in [-0.2, 0) is 9.53 Å². The molecule has 10 nitrogen and oxygen atoms in total. The van der Waals surface area contributed by atoms with E-state index >= 15 is 0 Å². The van der Waals surface area contributed by atoms with E-state index in [1.807, 2.05) is 18.2 Å². The number of ether oxygens (including phenoxy) is 2. The summed E-state index contributed by atoms with van der Waals surface area (Å²) < 4.78 is 10.6. The zero-order valence-electron chi connectivity index (χ0n) is 22.0. The fraction of sp³-hybridized carbons (Fsp3) is 0.379. The molecule has 3 aliphatic heterocycles. The maximum absolute atomic E-state index is 13.6. The molecule has 204 valence electrons. The first-order valence-corrected chi connectivity index (χ1v) is 13.2. The van der Waals surface area contributed by atoms with Crippen molar-refractivity contribution in [2.75, 3.05) is 49.7 Å². The van der Waals surface area contributed by atoms with Crippen LogP contribution in [0.1, 0.15) is 41.6 Å². The van der Waals surface area contributed by atoms with Crippen molar-refractivity contribution in [2.45, 2.75) is 25.7 Å². The smallest absolute Gasteiger partial charge is 0.414 e. The molecular weight excluding hydrogens is 498 g/mol. The Morgan fingerprint density at radius 1 is 1.00 bits per heavy atom. The fourth-order valence-corrected chi connectivity index (χ4v) is 5.72. The van der Waals surface area contributed by atoms with Gasteiger partial charge in [-0.05, 0) is 62.1 Å². The van der Waals surface area contributed by atoms with Crippen LogP contribution in [0.2, 0.25) is 0 Å². The number of nitrogens with two attached hydrogens (primary N) is 1. The lowest BCUT2D eigenvalue weighted by molar-refractivity contribution is -0.127. The SMILES string of the molecule is COc1cc(N2CCC3(CCN(C(=O)c4ccc(N5CCCOC5=O)cc4)CC3)C2=O)ccc1/C(C=N)=C/N. The number of hydrogen-bond acceptors (Lipinski definition) is 7. The summed E-state index contributed by atoms with van der Waals surface area (Å²) in [4.78, 5) is 44.0.